The van der Waals surface area contributed by atoms with E-state index in [0.717, 1.165) is 32.1 Å². The van der Waals surface area contributed by atoms with E-state index in [9.17, 15) is 5.11 Å². The molecule has 0 radical (unpaired) electrons. The van der Waals surface area contributed by atoms with Crippen LogP contribution in [0.1, 0.15) is 44.9 Å². The summed E-state index contributed by atoms with van der Waals surface area (Å²) in [7, 11) is 0. The lowest BCUT2D eigenvalue weighted by molar-refractivity contribution is -0.0395. The predicted molar refractivity (Wildman–Crippen MR) is 58.5 cm³/mol. The molecule has 0 aliphatic rings. The molecule has 0 heterocycles. The van der Waals surface area contributed by atoms with Gasteiger partial charge in [0.25, 0.3) is 0 Å². The van der Waals surface area contributed by atoms with Gasteiger partial charge in [-0.25, -0.2) is 0 Å². The molecule has 0 rings (SSSR count). The molecule has 0 amide bonds. The average Bonchev–Trinajstić information content (AvgIpc) is 2.24. The summed E-state index contributed by atoms with van der Waals surface area (Å²) in [5, 5.41) is 36.0. The van der Waals surface area contributed by atoms with Crippen molar-refractivity contribution < 1.29 is 20.4 Å². The van der Waals surface area contributed by atoms with Crippen molar-refractivity contribution in [3.8, 4) is 0 Å². The number of aliphatic hydroxyl groups excluding tert-OH is 3. The van der Waals surface area contributed by atoms with Gasteiger partial charge in [-0.3, -0.25) is 0 Å². The second kappa shape index (κ2) is 9.09. The van der Waals surface area contributed by atoms with E-state index >= 15 is 0 Å². The summed E-state index contributed by atoms with van der Waals surface area (Å²) in [6.45, 7) is -0.142. The van der Waals surface area contributed by atoms with Crippen LogP contribution in [0.2, 0.25) is 0 Å². The van der Waals surface area contributed by atoms with Crippen LogP contribution < -0.4 is 0 Å². The molecule has 92 valence electrons. The highest BCUT2D eigenvalue weighted by molar-refractivity contribution is 4.76. The number of hydrogen-bond donors (Lipinski definition) is 4. The van der Waals surface area contributed by atoms with Crippen LogP contribution in [0.25, 0.3) is 0 Å². The minimum Gasteiger partial charge on any atom is -0.396 e. The van der Waals surface area contributed by atoms with Gasteiger partial charge < -0.3 is 20.4 Å². The lowest BCUT2D eigenvalue weighted by Crippen LogP contribution is -2.34. The summed E-state index contributed by atoms with van der Waals surface area (Å²) in [5.74, 6) is 0. The Labute approximate surface area is 91.6 Å². The molecule has 0 aliphatic carbocycles. The first-order valence-electron chi connectivity index (χ1n) is 5.73. The molecule has 0 spiro atoms. The van der Waals surface area contributed by atoms with E-state index in [2.05, 4.69) is 0 Å². The van der Waals surface area contributed by atoms with Gasteiger partial charge in [-0.15, -0.1) is 0 Å². The number of hydrogen-bond acceptors (Lipinski definition) is 4. The van der Waals surface area contributed by atoms with Crippen molar-refractivity contribution in [2.24, 2.45) is 0 Å². The predicted octanol–water partition coefficient (Wildman–Crippen LogP) is 0.425. The zero-order chi connectivity index (χ0) is 11.6. The lowest BCUT2D eigenvalue weighted by Gasteiger charge is -2.24. The van der Waals surface area contributed by atoms with Gasteiger partial charge >= 0.3 is 0 Å². The van der Waals surface area contributed by atoms with E-state index in [1.165, 1.54) is 0 Å². The summed E-state index contributed by atoms with van der Waals surface area (Å²) in [6.07, 6.45) is 5.50. The first-order chi connectivity index (χ1) is 7.18. The third-order valence-electron chi connectivity index (χ3n) is 2.67. The maximum absolute atomic E-state index is 9.77. The summed E-state index contributed by atoms with van der Waals surface area (Å²) < 4.78 is 0. The monoisotopic (exact) mass is 220 g/mol. The average molecular weight is 220 g/mol. The molecular weight excluding hydrogens is 196 g/mol. The van der Waals surface area contributed by atoms with E-state index in [4.69, 9.17) is 15.3 Å². The van der Waals surface area contributed by atoms with Gasteiger partial charge in [-0.05, 0) is 12.8 Å². The molecule has 0 saturated heterocycles. The fraction of sp³-hybridized carbons (Fsp3) is 1.00. The van der Waals surface area contributed by atoms with Crippen LogP contribution in [0.3, 0.4) is 0 Å². The minimum atomic E-state index is -1.11. The highest BCUT2D eigenvalue weighted by atomic mass is 16.3. The van der Waals surface area contributed by atoms with Crippen molar-refractivity contribution >= 4 is 0 Å². The minimum absolute atomic E-state index is 0.0957. The first kappa shape index (κ1) is 14.8. The second-order valence-corrected chi connectivity index (χ2v) is 4.10. The van der Waals surface area contributed by atoms with Crippen LogP contribution in [0.15, 0.2) is 0 Å². The van der Waals surface area contributed by atoms with Crippen LogP contribution in [-0.2, 0) is 0 Å². The summed E-state index contributed by atoms with van der Waals surface area (Å²) in [4.78, 5) is 0. The molecule has 0 aromatic carbocycles. The molecule has 4 nitrogen and oxygen atoms in total. The number of unbranched alkanes of at least 4 members (excludes halogenated alkanes) is 4. The molecule has 0 saturated carbocycles. The van der Waals surface area contributed by atoms with Crippen LogP contribution in [0, 0.1) is 0 Å². The van der Waals surface area contributed by atoms with E-state index in [0.29, 0.717) is 6.42 Å². The van der Waals surface area contributed by atoms with Gasteiger partial charge in [0, 0.05) is 19.6 Å². The number of aliphatic hydroxyl groups is 4. The van der Waals surface area contributed by atoms with Crippen molar-refractivity contribution in [1.82, 2.24) is 0 Å². The normalized spacial score (nSPS) is 15.2. The maximum Gasteiger partial charge on any atom is 0.0899 e. The van der Waals surface area contributed by atoms with Gasteiger partial charge in [0.2, 0.25) is 0 Å². The molecule has 4 heteroatoms. The van der Waals surface area contributed by atoms with Crippen LogP contribution >= 0.6 is 0 Å². The van der Waals surface area contributed by atoms with Crippen molar-refractivity contribution in [3.05, 3.63) is 0 Å². The highest BCUT2D eigenvalue weighted by Crippen LogP contribution is 2.18. The van der Waals surface area contributed by atoms with Gasteiger partial charge in [0.1, 0.15) is 0 Å². The van der Waals surface area contributed by atoms with Gasteiger partial charge in [-0.2, -0.15) is 0 Å². The Bertz CT molecular complexity index is 141. The Morgan fingerprint density at radius 3 is 1.80 bits per heavy atom. The standard InChI is InChI=1S/C11H24O4/c12-8-5-3-1-2-4-6-11(15,10-14)7-9-13/h12-15H,1-10H2. The van der Waals surface area contributed by atoms with Crippen LogP contribution in [0.4, 0.5) is 0 Å². The Morgan fingerprint density at radius 2 is 1.27 bits per heavy atom. The zero-order valence-electron chi connectivity index (χ0n) is 9.36. The van der Waals surface area contributed by atoms with Crippen molar-refractivity contribution in [3.63, 3.8) is 0 Å². The SMILES string of the molecule is OCCCCCCCC(O)(CO)CCO. The van der Waals surface area contributed by atoms with Crippen molar-refractivity contribution in [2.75, 3.05) is 19.8 Å². The molecule has 0 aromatic rings. The second-order valence-electron chi connectivity index (χ2n) is 4.10. The Hall–Kier alpha value is -0.160. The fourth-order valence-corrected chi connectivity index (χ4v) is 1.59. The molecule has 0 aliphatic heterocycles. The van der Waals surface area contributed by atoms with Crippen LogP contribution in [-0.4, -0.2) is 45.8 Å². The molecule has 1 atom stereocenters. The first-order valence-corrected chi connectivity index (χ1v) is 5.73. The summed E-state index contributed by atoms with van der Waals surface area (Å²) in [6, 6.07) is 0. The largest absolute Gasteiger partial charge is 0.396 e. The zero-order valence-corrected chi connectivity index (χ0v) is 9.36. The lowest BCUT2D eigenvalue weighted by atomic mass is 9.93. The molecule has 15 heavy (non-hydrogen) atoms. The maximum atomic E-state index is 9.77. The summed E-state index contributed by atoms with van der Waals surface area (Å²) >= 11 is 0. The van der Waals surface area contributed by atoms with Crippen molar-refractivity contribution in [2.45, 2.75) is 50.5 Å². The van der Waals surface area contributed by atoms with E-state index in [-0.39, 0.29) is 26.2 Å². The van der Waals surface area contributed by atoms with Crippen LogP contribution in [0.5, 0.6) is 0 Å². The van der Waals surface area contributed by atoms with E-state index in [1.54, 1.807) is 0 Å². The number of rotatable bonds is 10. The smallest absolute Gasteiger partial charge is 0.0899 e. The van der Waals surface area contributed by atoms with Gasteiger partial charge in [-0.1, -0.05) is 25.7 Å². The Balaban J connectivity index is 3.46. The molecule has 0 aromatic heterocycles. The third-order valence-corrected chi connectivity index (χ3v) is 2.67. The molecular formula is C11H24O4. The quantitative estimate of drug-likeness (QED) is 0.402. The van der Waals surface area contributed by atoms with Crippen molar-refractivity contribution in [1.29, 1.82) is 0 Å². The Kier molecular flexibility index (Phi) is 9.00. The molecule has 4 N–H and O–H groups in total. The van der Waals surface area contributed by atoms with Gasteiger partial charge in [0.05, 0.1) is 12.2 Å². The fourth-order valence-electron chi connectivity index (χ4n) is 1.59. The van der Waals surface area contributed by atoms with E-state index < -0.39 is 5.60 Å². The van der Waals surface area contributed by atoms with E-state index in [1.807, 2.05) is 0 Å². The third kappa shape index (κ3) is 7.73. The molecule has 0 fully saturated rings. The molecule has 1 unspecified atom stereocenters. The topological polar surface area (TPSA) is 80.9 Å². The molecule has 0 bridgehead atoms. The highest BCUT2D eigenvalue weighted by Gasteiger charge is 2.24. The Morgan fingerprint density at radius 1 is 0.667 bits per heavy atom. The van der Waals surface area contributed by atoms with Gasteiger partial charge in [0.15, 0.2) is 0 Å². The summed E-state index contributed by atoms with van der Waals surface area (Å²) in [5.41, 5.74) is -1.11.